The third kappa shape index (κ3) is 3.40. The normalized spacial score (nSPS) is 22.6. The molecule has 1 aromatic rings. The van der Waals surface area contributed by atoms with Gasteiger partial charge in [-0.15, -0.1) is 0 Å². The highest BCUT2D eigenvalue weighted by atomic mass is 16.2. The molecule has 114 valence electrons. The van der Waals surface area contributed by atoms with Gasteiger partial charge in [0.15, 0.2) is 0 Å². The molecule has 2 amide bonds. The fraction of sp³-hybridized carbons (Fsp3) is 0.562. The van der Waals surface area contributed by atoms with Gasteiger partial charge in [-0.25, -0.2) is 0 Å². The number of pyridine rings is 1. The molecule has 0 saturated carbocycles. The number of piperazine rings is 1. The molecule has 1 fully saturated rings. The zero-order valence-electron chi connectivity index (χ0n) is 12.9. The average Bonchev–Trinajstić information content (AvgIpc) is 2.45. The monoisotopic (exact) mass is 289 g/mol. The minimum absolute atomic E-state index is 0.0130. The Morgan fingerprint density at radius 1 is 1.38 bits per heavy atom. The molecule has 21 heavy (non-hydrogen) atoms. The minimum atomic E-state index is -0.411. The molecule has 2 heterocycles. The lowest BCUT2D eigenvalue weighted by molar-refractivity contribution is -0.152. The number of nitrogens with one attached hydrogen (secondary N) is 1. The highest BCUT2D eigenvalue weighted by Gasteiger charge is 2.41. The largest absolute Gasteiger partial charge is 0.342 e. The maximum absolute atomic E-state index is 12.7. The number of carbonyl (C=O) groups excluding carboxylic acids is 2. The van der Waals surface area contributed by atoms with Gasteiger partial charge in [-0.05, 0) is 24.0 Å². The van der Waals surface area contributed by atoms with Crippen LogP contribution in [0.25, 0.3) is 0 Å². The minimum Gasteiger partial charge on any atom is -0.342 e. The second-order valence-corrected chi connectivity index (χ2v) is 5.87. The van der Waals surface area contributed by atoms with E-state index < -0.39 is 12.1 Å². The molecule has 5 heteroatoms. The van der Waals surface area contributed by atoms with Crippen molar-refractivity contribution in [3.63, 3.8) is 0 Å². The van der Waals surface area contributed by atoms with Gasteiger partial charge in [-0.2, -0.15) is 0 Å². The molecule has 1 aromatic heterocycles. The van der Waals surface area contributed by atoms with E-state index >= 15 is 0 Å². The van der Waals surface area contributed by atoms with Gasteiger partial charge in [-0.1, -0.05) is 33.3 Å². The third-order valence-corrected chi connectivity index (χ3v) is 3.79. The summed E-state index contributed by atoms with van der Waals surface area (Å²) in [5.74, 6) is 0.0409. The summed E-state index contributed by atoms with van der Waals surface area (Å²) in [6, 6.07) is 2.97. The molecule has 1 aliphatic rings. The van der Waals surface area contributed by atoms with Crippen molar-refractivity contribution in [1.82, 2.24) is 15.2 Å². The van der Waals surface area contributed by atoms with Crippen molar-refractivity contribution in [1.29, 1.82) is 0 Å². The van der Waals surface area contributed by atoms with Crippen molar-refractivity contribution >= 4 is 11.8 Å². The van der Waals surface area contributed by atoms with Crippen LogP contribution < -0.4 is 5.32 Å². The maximum Gasteiger partial charge on any atom is 0.246 e. The summed E-state index contributed by atoms with van der Waals surface area (Å²) < 4.78 is 0. The quantitative estimate of drug-likeness (QED) is 0.898. The molecule has 0 aromatic carbocycles. The van der Waals surface area contributed by atoms with Crippen LogP contribution in [0.15, 0.2) is 24.5 Å². The van der Waals surface area contributed by atoms with Gasteiger partial charge in [0, 0.05) is 18.9 Å². The number of rotatable bonds is 5. The van der Waals surface area contributed by atoms with E-state index in [0.717, 1.165) is 12.0 Å². The van der Waals surface area contributed by atoms with Gasteiger partial charge in [0.05, 0.1) is 0 Å². The Balaban J connectivity index is 2.25. The first-order valence-corrected chi connectivity index (χ1v) is 7.54. The molecule has 1 aliphatic heterocycles. The second kappa shape index (κ2) is 6.70. The van der Waals surface area contributed by atoms with E-state index in [0.29, 0.717) is 13.0 Å². The Morgan fingerprint density at radius 3 is 2.71 bits per heavy atom. The SMILES string of the molecule is CCCC1NC(=O)C(C(C)C)N(Cc2cccnc2)C1=O. The summed E-state index contributed by atoms with van der Waals surface area (Å²) in [4.78, 5) is 30.8. The van der Waals surface area contributed by atoms with Crippen LogP contribution in [0, 0.1) is 5.92 Å². The Morgan fingerprint density at radius 2 is 2.14 bits per heavy atom. The van der Waals surface area contributed by atoms with Crippen molar-refractivity contribution in [2.45, 2.75) is 52.2 Å². The van der Waals surface area contributed by atoms with Gasteiger partial charge >= 0.3 is 0 Å². The summed E-state index contributed by atoms with van der Waals surface area (Å²) in [7, 11) is 0. The summed E-state index contributed by atoms with van der Waals surface area (Å²) in [6.07, 6.45) is 4.99. The van der Waals surface area contributed by atoms with E-state index in [9.17, 15) is 9.59 Å². The lowest BCUT2D eigenvalue weighted by Crippen LogP contribution is -2.64. The number of carbonyl (C=O) groups is 2. The van der Waals surface area contributed by atoms with Crippen molar-refractivity contribution in [2.75, 3.05) is 0 Å². The number of amides is 2. The standard InChI is InChI=1S/C16H23N3O2/c1-4-6-13-16(21)19(10-12-7-5-8-17-9-12)14(11(2)3)15(20)18-13/h5,7-9,11,13-14H,4,6,10H2,1-3H3,(H,18,20). The topological polar surface area (TPSA) is 62.3 Å². The first-order chi connectivity index (χ1) is 10.0. The number of hydrogen-bond acceptors (Lipinski definition) is 3. The number of hydrogen-bond donors (Lipinski definition) is 1. The molecule has 2 unspecified atom stereocenters. The maximum atomic E-state index is 12.7. The van der Waals surface area contributed by atoms with Crippen LogP contribution in [0.5, 0.6) is 0 Å². The van der Waals surface area contributed by atoms with Crippen LogP contribution in [0.3, 0.4) is 0 Å². The molecule has 5 nitrogen and oxygen atoms in total. The Hall–Kier alpha value is -1.91. The molecule has 2 atom stereocenters. The van der Waals surface area contributed by atoms with Gasteiger partial charge in [0.25, 0.3) is 0 Å². The van der Waals surface area contributed by atoms with Gasteiger partial charge in [-0.3, -0.25) is 14.6 Å². The second-order valence-electron chi connectivity index (χ2n) is 5.87. The molecule has 0 bridgehead atoms. The van der Waals surface area contributed by atoms with Crippen LogP contribution in [0.1, 0.15) is 39.2 Å². The Bertz CT molecular complexity index is 502. The van der Waals surface area contributed by atoms with E-state index in [1.54, 1.807) is 17.3 Å². The van der Waals surface area contributed by atoms with Crippen LogP contribution in [0.2, 0.25) is 0 Å². The Labute approximate surface area is 125 Å². The van der Waals surface area contributed by atoms with Gasteiger partial charge in [0.1, 0.15) is 12.1 Å². The predicted molar refractivity (Wildman–Crippen MR) is 80.3 cm³/mol. The van der Waals surface area contributed by atoms with Crippen LogP contribution in [0.4, 0.5) is 0 Å². The van der Waals surface area contributed by atoms with Gasteiger partial charge < -0.3 is 10.2 Å². The number of aromatic nitrogens is 1. The van der Waals surface area contributed by atoms with E-state index in [4.69, 9.17) is 0 Å². The molecule has 1 saturated heterocycles. The lowest BCUT2D eigenvalue weighted by atomic mass is 9.95. The van der Waals surface area contributed by atoms with E-state index in [1.807, 2.05) is 32.9 Å². The molecule has 1 N–H and O–H groups in total. The first-order valence-electron chi connectivity index (χ1n) is 7.54. The zero-order valence-corrected chi connectivity index (χ0v) is 12.9. The van der Waals surface area contributed by atoms with Crippen LogP contribution >= 0.6 is 0 Å². The van der Waals surface area contributed by atoms with Crippen molar-refractivity contribution in [3.05, 3.63) is 30.1 Å². The van der Waals surface area contributed by atoms with Crippen LogP contribution in [-0.4, -0.2) is 33.8 Å². The highest BCUT2D eigenvalue weighted by molar-refractivity contribution is 5.97. The smallest absolute Gasteiger partial charge is 0.246 e. The molecule has 0 spiro atoms. The lowest BCUT2D eigenvalue weighted by Gasteiger charge is -2.40. The fourth-order valence-corrected chi connectivity index (χ4v) is 2.81. The fourth-order valence-electron chi connectivity index (χ4n) is 2.81. The summed E-state index contributed by atoms with van der Waals surface area (Å²) in [5, 5.41) is 2.87. The van der Waals surface area contributed by atoms with Crippen molar-refractivity contribution in [2.24, 2.45) is 5.92 Å². The van der Waals surface area contributed by atoms with E-state index in [1.165, 1.54) is 0 Å². The summed E-state index contributed by atoms with van der Waals surface area (Å²) in [5.41, 5.74) is 0.946. The summed E-state index contributed by atoms with van der Waals surface area (Å²) >= 11 is 0. The average molecular weight is 289 g/mol. The van der Waals surface area contributed by atoms with Crippen LogP contribution in [-0.2, 0) is 16.1 Å². The molecule has 0 aliphatic carbocycles. The van der Waals surface area contributed by atoms with Crippen molar-refractivity contribution < 1.29 is 9.59 Å². The third-order valence-electron chi connectivity index (χ3n) is 3.79. The van der Waals surface area contributed by atoms with Gasteiger partial charge in [0.2, 0.25) is 11.8 Å². The number of nitrogens with zero attached hydrogens (tertiary/aromatic N) is 2. The van der Waals surface area contributed by atoms with E-state index in [2.05, 4.69) is 10.3 Å². The molecule has 0 radical (unpaired) electrons. The Kier molecular flexibility index (Phi) is 4.94. The first kappa shape index (κ1) is 15.5. The molecular formula is C16H23N3O2. The van der Waals surface area contributed by atoms with E-state index in [-0.39, 0.29) is 17.7 Å². The summed E-state index contributed by atoms with van der Waals surface area (Å²) in [6.45, 7) is 6.38. The molecule has 2 rings (SSSR count). The highest BCUT2D eigenvalue weighted by Crippen LogP contribution is 2.21. The molecular weight excluding hydrogens is 266 g/mol. The zero-order chi connectivity index (χ0) is 15.4. The van der Waals surface area contributed by atoms with Crippen molar-refractivity contribution in [3.8, 4) is 0 Å². The predicted octanol–water partition coefficient (Wildman–Crippen LogP) is 1.73.